The molecule has 14 heteroatoms. The SMILES string of the molecule is Cn1nc(C(=O)Nc2c(C(N)=O)sc3nc(C(F)F)cc(-c4ccco4)c23)cc1C(F)(F)F. The number of thiophene rings is 1. The number of aromatic nitrogens is 3. The van der Waals surface area contributed by atoms with E-state index in [1.807, 2.05) is 0 Å². The lowest BCUT2D eigenvalue weighted by Gasteiger charge is -2.08. The van der Waals surface area contributed by atoms with Crippen molar-refractivity contribution in [2.45, 2.75) is 12.6 Å². The second-order valence-electron chi connectivity index (χ2n) is 6.71. The number of carbonyl (C=O) groups excluding carboxylic acids is 2. The summed E-state index contributed by atoms with van der Waals surface area (Å²) < 4.78 is 71.8. The Morgan fingerprint density at radius 2 is 2.00 bits per heavy atom. The van der Waals surface area contributed by atoms with Crippen molar-refractivity contribution in [2.75, 3.05) is 5.32 Å². The molecule has 0 spiro atoms. The molecule has 3 N–H and O–H groups in total. The van der Waals surface area contributed by atoms with Gasteiger partial charge in [0.2, 0.25) is 0 Å². The first kappa shape index (κ1) is 22.4. The Bertz CT molecular complexity index is 1370. The highest BCUT2D eigenvalue weighted by Crippen LogP contribution is 2.42. The van der Waals surface area contributed by atoms with Crippen LogP contribution in [0.2, 0.25) is 0 Å². The van der Waals surface area contributed by atoms with E-state index in [9.17, 15) is 31.5 Å². The van der Waals surface area contributed by atoms with Crippen LogP contribution in [0.5, 0.6) is 0 Å². The lowest BCUT2D eigenvalue weighted by atomic mass is 10.1. The number of furan rings is 1. The van der Waals surface area contributed by atoms with Crippen molar-refractivity contribution in [3.63, 3.8) is 0 Å². The lowest BCUT2D eigenvalue weighted by Crippen LogP contribution is -2.17. The highest BCUT2D eigenvalue weighted by molar-refractivity contribution is 7.21. The molecule has 0 unspecified atom stereocenters. The van der Waals surface area contributed by atoms with Crippen LogP contribution in [0.4, 0.5) is 27.6 Å². The standard InChI is InChI=1S/C19H12F5N5O3S/c1-29-11(19(22,23)24)6-9(28-29)17(31)27-13-12-7(10-3-2-4-32-10)5-8(15(20)21)26-18(12)33-14(13)16(25)30/h2-6,15H,1H3,(H2,25,30)(H,27,31). The van der Waals surface area contributed by atoms with Crippen molar-refractivity contribution < 1.29 is 36.0 Å². The Kier molecular flexibility index (Phi) is 5.40. The van der Waals surface area contributed by atoms with Gasteiger partial charge < -0.3 is 15.5 Å². The zero-order valence-corrected chi connectivity index (χ0v) is 17.2. The second-order valence-corrected chi connectivity index (χ2v) is 7.71. The van der Waals surface area contributed by atoms with Gasteiger partial charge >= 0.3 is 6.18 Å². The van der Waals surface area contributed by atoms with Crippen LogP contribution in [-0.4, -0.2) is 26.6 Å². The van der Waals surface area contributed by atoms with E-state index in [0.29, 0.717) is 22.1 Å². The summed E-state index contributed by atoms with van der Waals surface area (Å²) in [6.07, 6.45) is -6.42. The number of nitrogens with two attached hydrogens (primary N) is 1. The number of hydrogen-bond acceptors (Lipinski definition) is 6. The second kappa shape index (κ2) is 7.95. The van der Waals surface area contributed by atoms with Gasteiger partial charge in [-0.05, 0) is 18.2 Å². The van der Waals surface area contributed by atoms with E-state index in [2.05, 4.69) is 15.4 Å². The third-order valence-corrected chi connectivity index (χ3v) is 5.66. The predicted octanol–water partition coefficient (Wildman–Crippen LogP) is 4.60. The molecular formula is C19H12F5N5O3S. The molecule has 2 amide bonds. The summed E-state index contributed by atoms with van der Waals surface area (Å²) in [6.45, 7) is 0. The van der Waals surface area contributed by atoms with E-state index in [1.165, 1.54) is 18.4 Å². The van der Waals surface area contributed by atoms with Gasteiger partial charge in [-0.3, -0.25) is 14.3 Å². The zero-order chi connectivity index (χ0) is 24.1. The summed E-state index contributed by atoms with van der Waals surface area (Å²) >= 11 is 0.644. The smallest absolute Gasteiger partial charge is 0.433 e. The molecule has 0 aliphatic carbocycles. The molecule has 33 heavy (non-hydrogen) atoms. The minimum absolute atomic E-state index is 0.0553. The molecule has 172 valence electrons. The van der Waals surface area contributed by atoms with E-state index in [0.717, 1.165) is 13.1 Å². The Hall–Kier alpha value is -3.81. The molecule has 8 nitrogen and oxygen atoms in total. The normalized spacial score (nSPS) is 12.0. The summed E-state index contributed by atoms with van der Waals surface area (Å²) in [5, 5.41) is 5.96. The molecular weight excluding hydrogens is 473 g/mol. The number of amides is 2. The van der Waals surface area contributed by atoms with Crippen molar-refractivity contribution in [1.29, 1.82) is 0 Å². The number of primary amides is 1. The number of alkyl halides is 5. The fraction of sp³-hybridized carbons (Fsp3) is 0.158. The molecule has 0 saturated heterocycles. The quantitative estimate of drug-likeness (QED) is 0.401. The topological polar surface area (TPSA) is 116 Å². The first-order chi connectivity index (χ1) is 15.5. The summed E-state index contributed by atoms with van der Waals surface area (Å²) in [6, 6.07) is 4.53. The van der Waals surface area contributed by atoms with Crippen LogP contribution in [-0.2, 0) is 13.2 Å². The zero-order valence-electron chi connectivity index (χ0n) is 16.4. The number of aryl methyl sites for hydroxylation is 1. The van der Waals surface area contributed by atoms with Gasteiger partial charge in [0.15, 0.2) is 5.69 Å². The maximum atomic E-state index is 13.4. The third-order valence-electron chi connectivity index (χ3n) is 4.56. The van der Waals surface area contributed by atoms with Crippen LogP contribution in [0.25, 0.3) is 21.5 Å². The lowest BCUT2D eigenvalue weighted by molar-refractivity contribution is -0.143. The molecule has 4 heterocycles. The molecule has 0 radical (unpaired) electrons. The van der Waals surface area contributed by atoms with E-state index >= 15 is 0 Å². The first-order valence-corrected chi connectivity index (χ1v) is 9.81. The van der Waals surface area contributed by atoms with E-state index in [1.54, 1.807) is 0 Å². The Morgan fingerprint density at radius 1 is 1.27 bits per heavy atom. The van der Waals surface area contributed by atoms with Crippen molar-refractivity contribution in [1.82, 2.24) is 14.8 Å². The molecule has 0 atom stereocenters. The third kappa shape index (κ3) is 4.04. The Labute approximate surface area is 184 Å². The number of carbonyl (C=O) groups is 2. The fourth-order valence-corrected chi connectivity index (χ4v) is 4.18. The highest BCUT2D eigenvalue weighted by Gasteiger charge is 2.36. The number of nitrogens with zero attached hydrogens (tertiary/aromatic N) is 3. The molecule has 0 fully saturated rings. The maximum absolute atomic E-state index is 13.4. The van der Waals surface area contributed by atoms with Gasteiger partial charge in [-0.2, -0.15) is 18.3 Å². The van der Waals surface area contributed by atoms with E-state index in [-0.39, 0.29) is 32.1 Å². The number of rotatable bonds is 5. The van der Waals surface area contributed by atoms with Crippen molar-refractivity contribution in [3.05, 3.63) is 52.5 Å². The Balaban J connectivity index is 1.89. The van der Waals surface area contributed by atoms with Crippen LogP contribution in [0.15, 0.2) is 34.9 Å². The number of pyridine rings is 1. The van der Waals surface area contributed by atoms with Crippen LogP contribution in [0, 0.1) is 0 Å². The number of anilines is 1. The van der Waals surface area contributed by atoms with Crippen molar-refractivity contribution in [3.8, 4) is 11.3 Å². The molecule has 0 saturated carbocycles. The molecule has 0 aliphatic rings. The van der Waals surface area contributed by atoms with Crippen molar-refractivity contribution >= 4 is 39.1 Å². The number of nitrogens with one attached hydrogen (secondary N) is 1. The molecule has 0 aromatic carbocycles. The van der Waals surface area contributed by atoms with Gasteiger partial charge in [0.1, 0.15) is 26.9 Å². The van der Waals surface area contributed by atoms with Gasteiger partial charge in [0.25, 0.3) is 18.2 Å². The van der Waals surface area contributed by atoms with E-state index < -0.39 is 41.5 Å². The molecule has 0 bridgehead atoms. The summed E-state index contributed by atoms with van der Waals surface area (Å²) in [5.41, 5.74) is 2.91. The largest absolute Gasteiger partial charge is 0.464 e. The summed E-state index contributed by atoms with van der Waals surface area (Å²) in [5.74, 6) is -1.95. The number of hydrogen-bond donors (Lipinski definition) is 2. The van der Waals surface area contributed by atoms with Crippen LogP contribution in [0.1, 0.15) is 38.0 Å². The van der Waals surface area contributed by atoms with Crippen LogP contribution in [0.3, 0.4) is 0 Å². The maximum Gasteiger partial charge on any atom is 0.433 e. The van der Waals surface area contributed by atoms with Crippen LogP contribution >= 0.6 is 11.3 Å². The summed E-state index contributed by atoms with van der Waals surface area (Å²) in [4.78, 5) is 28.3. The fourth-order valence-electron chi connectivity index (χ4n) is 3.17. The molecule has 4 aromatic rings. The number of fused-ring (bicyclic) bond motifs is 1. The van der Waals surface area contributed by atoms with Gasteiger partial charge in [-0.25, -0.2) is 13.8 Å². The van der Waals surface area contributed by atoms with Gasteiger partial charge in [-0.15, -0.1) is 11.3 Å². The minimum Gasteiger partial charge on any atom is -0.464 e. The van der Waals surface area contributed by atoms with Gasteiger partial charge in [-0.1, -0.05) is 0 Å². The molecule has 4 aromatic heterocycles. The highest BCUT2D eigenvalue weighted by atomic mass is 32.1. The monoisotopic (exact) mass is 485 g/mol. The van der Waals surface area contributed by atoms with Gasteiger partial charge in [0.05, 0.1) is 12.0 Å². The first-order valence-electron chi connectivity index (χ1n) is 8.99. The number of halogens is 5. The van der Waals surface area contributed by atoms with E-state index in [4.69, 9.17) is 10.2 Å². The summed E-state index contributed by atoms with van der Waals surface area (Å²) in [7, 11) is 1.01. The van der Waals surface area contributed by atoms with Crippen molar-refractivity contribution in [2.24, 2.45) is 12.8 Å². The van der Waals surface area contributed by atoms with Crippen LogP contribution < -0.4 is 11.1 Å². The molecule has 0 aliphatic heterocycles. The van der Waals surface area contributed by atoms with Gasteiger partial charge in [0, 0.05) is 24.1 Å². The Morgan fingerprint density at radius 3 is 2.55 bits per heavy atom. The average molecular weight is 485 g/mol. The minimum atomic E-state index is -4.75. The average Bonchev–Trinajstić information content (AvgIpc) is 3.45. The molecule has 4 rings (SSSR count). The predicted molar refractivity (Wildman–Crippen MR) is 107 cm³/mol.